The molecule has 0 N–H and O–H groups in total. The van der Waals surface area contributed by atoms with Crippen molar-refractivity contribution < 1.29 is 0 Å². The van der Waals surface area contributed by atoms with Gasteiger partial charge in [-0.3, -0.25) is 0 Å². The average Bonchev–Trinajstić information content (AvgIpc) is 3.00. The highest BCUT2D eigenvalue weighted by Crippen LogP contribution is 2.45. The first kappa shape index (κ1) is 16.0. The van der Waals surface area contributed by atoms with Gasteiger partial charge in [0.15, 0.2) is 0 Å². The van der Waals surface area contributed by atoms with Gasteiger partial charge < -0.3 is 14.4 Å². The summed E-state index contributed by atoms with van der Waals surface area (Å²) in [7, 11) is 4.34. The Bertz CT molecular complexity index is 1140. The molecule has 0 spiro atoms. The zero-order valence-electron chi connectivity index (χ0n) is 15.9. The zero-order chi connectivity index (χ0) is 18.5. The summed E-state index contributed by atoms with van der Waals surface area (Å²) in [6.07, 6.45) is 0.179. The molecule has 0 saturated carbocycles. The molecule has 0 saturated heterocycles. The Morgan fingerprint density at radius 1 is 0.704 bits per heavy atom. The van der Waals surface area contributed by atoms with Gasteiger partial charge in [-0.2, -0.15) is 0 Å². The van der Waals surface area contributed by atoms with E-state index in [1.54, 1.807) is 0 Å². The standard InChI is InChI=1S/C24H23N3/c1-17-25(2)22-14-8-5-11-19(22)20-12-6-9-15-23(20)27(17)24-16-18-10-4-7-13-21(18)26(24)3/h4-17H,1-3H3. The van der Waals surface area contributed by atoms with Crippen molar-refractivity contribution in [2.24, 2.45) is 7.05 Å². The van der Waals surface area contributed by atoms with Gasteiger partial charge in [-0.25, -0.2) is 0 Å². The molecular weight excluding hydrogens is 330 g/mol. The Morgan fingerprint density at radius 3 is 2.04 bits per heavy atom. The van der Waals surface area contributed by atoms with E-state index in [1.165, 1.54) is 39.2 Å². The van der Waals surface area contributed by atoms with Crippen molar-refractivity contribution in [3.8, 4) is 11.1 Å². The highest BCUT2D eigenvalue weighted by molar-refractivity contribution is 5.93. The molecule has 27 heavy (non-hydrogen) atoms. The van der Waals surface area contributed by atoms with Gasteiger partial charge in [0.1, 0.15) is 12.0 Å². The maximum absolute atomic E-state index is 2.45. The first-order valence-corrected chi connectivity index (χ1v) is 9.42. The van der Waals surface area contributed by atoms with Crippen LogP contribution in [-0.2, 0) is 7.05 Å². The smallest absolute Gasteiger partial charge is 0.115 e. The van der Waals surface area contributed by atoms with Crippen LogP contribution in [0.4, 0.5) is 17.2 Å². The van der Waals surface area contributed by atoms with Crippen molar-refractivity contribution in [2.75, 3.05) is 16.8 Å². The summed E-state index contributed by atoms with van der Waals surface area (Å²) in [6.45, 7) is 2.27. The predicted molar refractivity (Wildman–Crippen MR) is 115 cm³/mol. The quantitative estimate of drug-likeness (QED) is 0.430. The minimum Gasteiger partial charge on any atom is -0.354 e. The number of para-hydroxylation sites is 3. The van der Waals surface area contributed by atoms with Crippen LogP contribution in [0.2, 0.25) is 0 Å². The van der Waals surface area contributed by atoms with Crippen LogP contribution in [0.5, 0.6) is 0 Å². The van der Waals surface area contributed by atoms with Crippen molar-refractivity contribution in [1.82, 2.24) is 4.57 Å². The van der Waals surface area contributed by atoms with E-state index >= 15 is 0 Å². The van der Waals surface area contributed by atoms with Crippen molar-refractivity contribution in [3.63, 3.8) is 0 Å². The molecule has 3 heteroatoms. The fourth-order valence-electron chi connectivity index (χ4n) is 4.32. The van der Waals surface area contributed by atoms with E-state index in [0.717, 1.165) is 0 Å². The molecule has 2 heterocycles. The van der Waals surface area contributed by atoms with Gasteiger partial charge in [0.25, 0.3) is 0 Å². The van der Waals surface area contributed by atoms with E-state index in [-0.39, 0.29) is 6.17 Å². The van der Waals surface area contributed by atoms with Crippen LogP contribution < -0.4 is 9.80 Å². The number of hydrogen-bond acceptors (Lipinski definition) is 2. The Kier molecular flexibility index (Phi) is 3.51. The van der Waals surface area contributed by atoms with Gasteiger partial charge in [-0.15, -0.1) is 0 Å². The van der Waals surface area contributed by atoms with Crippen molar-refractivity contribution in [3.05, 3.63) is 78.9 Å². The summed E-state index contributed by atoms with van der Waals surface area (Å²) >= 11 is 0. The van der Waals surface area contributed by atoms with Crippen molar-refractivity contribution >= 4 is 28.1 Å². The molecule has 0 radical (unpaired) electrons. The minimum absolute atomic E-state index is 0.179. The lowest BCUT2D eigenvalue weighted by molar-refractivity contribution is 0.682. The Labute approximate surface area is 160 Å². The molecule has 5 rings (SSSR count). The third kappa shape index (κ3) is 2.28. The van der Waals surface area contributed by atoms with Crippen LogP contribution >= 0.6 is 0 Å². The van der Waals surface area contributed by atoms with E-state index in [2.05, 4.69) is 114 Å². The maximum atomic E-state index is 2.45. The van der Waals surface area contributed by atoms with E-state index < -0.39 is 0 Å². The molecule has 1 aliphatic heterocycles. The summed E-state index contributed by atoms with van der Waals surface area (Å²) in [4.78, 5) is 4.82. The Balaban J connectivity index is 1.81. The fourth-order valence-corrected chi connectivity index (χ4v) is 4.32. The van der Waals surface area contributed by atoms with Gasteiger partial charge >= 0.3 is 0 Å². The number of nitrogens with zero attached hydrogens (tertiary/aromatic N) is 3. The van der Waals surface area contributed by atoms with Crippen molar-refractivity contribution in [1.29, 1.82) is 0 Å². The number of aromatic nitrogens is 1. The van der Waals surface area contributed by atoms with Crippen LogP contribution in [-0.4, -0.2) is 17.8 Å². The maximum Gasteiger partial charge on any atom is 0.115 e. The second-order valence-electron chi connectivity index (χ2n) is 7.27. The van der Waals surface area contributed by atoms with Crippen LogP contribution in [0.15, 0.2) is 78.9 Å². The van der Waals surface area contributed by atoms with Gasteiger partial charge in [-0.1, -0.05) is 54.6 Å². The molecule has 1 aliphatic rings. The van der Waals surface area contributed by atoms with E-state index in [9.17, 15) is 0 Å². The molecule has 134 valence electrons. The normalized spacial score (nSPS) is 16.2. The number of anilines is 3. The third-order valence-corrected chi connectivity index (χ3v) is 5.85. The van der Waals surface area contributed by atoms with Gasteiger partial charge in [0.05, 0.1) is 5.69 Å². The number of rotatable bonds is 1. The molecular formula is C24H23N3. The second kappa shape index (κ2) is 5.92. The molecule has 3 nitrogen and oxygen atoms in total. The largest absolute Gasteiger partial charge is 0.354 e. The van der Waals surface area contributed by atoms with Gasteiger partial charge in [0.2, 0.25) is 0 Å². The molecule has 0 amide bonds. The van der Waals surface area contributed by atoms with Crippen LogP contribution in [0.1, 0.15) is 6.92 Å². The van der Waals surface area contributed by atoms with Gasteiger partial charge in [-0.05, 0) is 31.2 Å². The molecule has 1 atom stereocenters. The average molecular weight is 353 g/mol. The number of fused-ring (bicyclic) bond motifs is 4. The predicted octanol–water partition coefficient (Wildman–Crippen LogP) is 5.78. The lowest BCUT2D eigenvalue weighted by Crippen LogP contribution is -2.42. The number of hydrogen-bond donors (Lipinski definition) is 0. The molecule has 1 aromatic heterocycles. The molecule has 1 unspecified atom stereocenters. The second-order valence-corrected chi connectivity index (χ2v) is 7.27. The fraction of sp³-hybridized carbons (Fsp3) is 0.167. The molecule has 3 aromatic carbocycles. The lowest BCUT2D eigenvalue weighted by Gasteiger charge is -2.36. The third-order valence-electron chi connectivity index (χ3n) is 5.85. The topological polar surface area (TPSA) is 11.4 Å². The summed E-state index contributed by atoms with van der Waals surface area (Å²) < 4.78 is 2.30. The van der Waals surface area contributed by atoms with Crippen LogP contribution in [0, 0.1) is 0 Å². The lowest BCUT2D eigenvalue weighted by atomic mass is 10.0. The van der Waals surface area contributed by atoms with Crippen LogP contribution in [0.3, 0.4) is 0 Å². The zero-order valence-corrected chi connectivity index (χ0v) is 15.9. The Hall–Kier alpha value is -3.20. The molecule has 4 aromatic rings. The van der Waals surface area contributed by atoms with Crippen molar-refractivity contribution in [2.45, 2.75) is 13.1 Å². The SMILES string of the molecule is CC1N(C)c2ccccc2-c2ccccc2N1c1cc2ccccc2n1C. The van der Waals surface area contributed by atoms with E-state index in [4.69, 9.17) is 0 Å². The first-order chi connectivity index (χ1) is 13.2. The van der Waals surface area contributed by atoms with E-state index in [0.29, 0.717) is 0 Å². The first-order valence-electron chi connectivity index (χ1n) is 9.42. The Morgan fingerprint density at radius 2 is 1.30 bits per heavy atom. The van der Waals surface area contributed by atoms with Crippen LogP contribution in [0.25, 0.3) is 22.0 Å². The number of benzene rings is 3. The monoisotopic (exact) mass is 353 g/mol. The highest BCUT2D eigenvalue weighted by Gasteiger charge is 2.30. The summed E-state index contributed by atoms with van der Waals surface area (Å²) in [6, 6.07) is 28.3. The molecule has 0 bridgehead atoms. The summed E-state index contributed by atoms with van der Waals surface area (Å²) in [5, 5.41) is 1.27. The summed E-state index contributed by atoms with van der Waals surface area (Å²) in [5.41, 5.74) is 6.31. The molecule has 0 fully saturated rings. The minimum atomic E-state index is 0.179. The molecule has 0 aliphatic carbocycles. The number of aryl methyl sites for hydroxylation is 1. The summed E-state index contributed by atoms with van der Waals surface area (Å²) in [5.74, 6) is 1.20. The highest BCUT2D eigenvalue weighted by atomic mass is 15.4. The van der Waals surface area contributed by atoms with E-state index in [1.807, 2.05) is 0 Å². The van der Waals surface area contributed by atoms with Gasteiger partial charge in [0, 0.05) is 41.8 Å².